The highest BCUT2D eigenvalue weighted by Crippen LogP contribution is 2.31. The van der Waals surface area contributed by atoms with Gasteiger partial charge in [-0.15, -0.1) is 10.2 Å². The lowest BCUT2D eigenvalue weighted by Gasteiger charge is -2.11. The average molecular weight is 450 g/mol. The summed E-state index contributed by atoms with van der Waals surface area (Å²) in [4.78, 5) is 0. The molecule has 0 aliphatic heterocycles. The van der Waals surface area contributed by atoms with E-state index in [1.807, 2.05) is 48.5 Å². The van der Waals surface area contributed by atoms with Gasteiger partial charge in [-0.25, -0.2) is 0 Å². The van der Waals surface area contributed by atoms with Crippen LogP contribution in [0.5, 0.6) is 5.75 Å². The van der Waals surface area contributed by atoms with Crippen molar-refractivity contribution in [3.63, 3.8) is 0 Å². The maximum atomic E-state index is 5.41. The molecule has 0 aliphatic carbocycles. The second-order valence-electron chi connectivity index (χ2n) is 7.56. The van der Waals surface area contributed by atoms with Gasteiger partial charge in [-0.05, 0) is 41.0 Å². The fourth-order valence-corrected chi connectivity index (χ4v) is 4.60. The predicted molar refractivity (Wildman–Crippen MR) is 135 cm³/mol. The van der Waals surface area contributed by atoms with Crippen LogP contribution in [-0.2, 0) is 5.75 Å². The number of benzene rings is 4. The third kappa shape index (κ3) is 4.69. The van der Waals surface area contributed by atoms with Crippen LogP contribution in [0.15, 0.2) is 114 Å². The first-order chi connectivity index (χ1) is 16.3. The number of aromatic nitrogens is 3. The molecule has 0 saturated heterocycles. The summed E-state index contributed by atoms with van der Waals surface area (Å²) in [5.74, 6) is 2.39. The lowest BCUT2D eigenvalue weighted by molar-refractivity contribution is 0.415. The Labute approximate surface area is 197 Å². The number of hydrogen-bond donors (Lipinski definition) is 0. The number of rotatable bonds is 7. The molecule has 0 fully saturated rings. The van der Waals surface area contributed by atoms with Crippen LogP contribution in [0.4, 0.5) is 0 Å². The van der Waals surface area contributed by atoms with Crippen LogP contribution in [0.2, 0.25) is 0 Å². The molecule has 0 atom stereocenters. The minimum Gasteiger partial charge on any atom is -0.497 e. The molecule has 0 radical (unpaired) electrons. The topological polar surface area (TPSA) is 39.9 Å². The fourth-order valence-electron chi connectivity index (χ4n) is 3.69. The van der Waals surface area contributed by atoms with Gasteiger partial charge in [0.05, 0.1) is 7.11 Å². The standard InChI is InChI=1S/C28H23N3OS/c1-32-26-14-8-11-24(19-26)27-29-30-28(31(27)25-12-6-3-7-13-25)33-20-21-15-17-23(18-16-21)22-9-4-2-5-10-22/h2-19H,20H2,1H3. The molecular weight excluding hydrogens is 426 g/mol. The number of methoxy groups -OCH3 is 1. The van der Waals surface area contributed by atoms with Crippen LogP contribution in [-0.4, -0.2) is 21.9 Å². The van der Waals surface area contributed by atoms with Gasteiger partial charge < -0.3 is 4.74 Å². The van der Waals surface area contributed by atoms with Gasteiger partial charge in [-0.3, -0.25) is 4.57 Å². The first-order valence-electron chi connectivity index (χ1n) is 10.7. The van der Waals surface area contributed by atoms with E-state index in [9.17, 15) is 0 Å². The van der Waals surface area contributed by atoms with Crippen molar-refractivity contribution in [1.82, 2.24) is 14.8 Å². The predicted octanol–water partition coefficient (Wildman–Crippen LogP) is 6.90. The van der Waals surface area contributed by atoms with Crippen molar-refractivity contribution in [2.45, 2.75) is 10.9 Å². The van der Waals surface area contributed by atoms with Crippen molar-refractivity contribution in [3.8, 4) is 34.0 Å². The summed E-state index contributed by atoms with van der Waals surface area (Å²) in [6, 6.07) is 37.3. The second kappa shape index (κ2) is 9.76. The number of para-hydroxylation sites is 1. The van der Waals surface area contributed by atoms with Gasteiger partial charge >= 0.3 is 0 Å². The zero-order valence-electron chi connectivity index (χ0n) is 18.3. The molecule has 0 spiro atoms. The Kier molecular flexibility index (Phi) is 6.22. The van der Waals surface area contributed by atoms with Gasteiger partial charge in [-0.2, -0.15) is 0 Å². The van der Waals surface area contributed by atoms with Crippen molar-refractivity contribution in [3.05, 3.63) is 115 Å². The molecular formula is C28H23N3OS. The van der Waals surface area contributed by atoms with Crippen molar-refractivity contribution in [2.24, 2.45) is 0 Å². The molecule has 0 amide bonds. The summed E-state index contributed by atoms with van der Waals surface area (Å²) in [7, 11) is 1.67. The van der Waals surface area contributed by atoms with Gasteiger partial charge in [0.1, 0.15) is 5.75 Å². The van der Waals surface area contributed by atoms with E-state index in [1.165, 1.54) is 16.7 Å². The molecule has 0 bridgehead atoms. The maximum absolute atomic E-state index is 5.41. The molecule has 0 unspecified atom stereocenters. The number of hydrogen-bond acceptors (Lipinski definition) is 4. The van der Waals surface area contributed by atoms with Gasteiger partial charge in [0, 0.05) is 17.0 Å². The molecule has 33 heavy (non-hydrogen) atoms. The highest BCUT2D eigenvalue weighted by Gasteiger charge is 2.16. The zero-order valence-corrected chi connectivity index (χ0v) is 19.1. The molecule has 4 nitrogen and oxygen atoms in total. The van der Waals surface area contributed by atoms with Crippen molar-refractivity contribution < 1.29 is 4.74 Å². The van der Waals surface area contributed by atoms with E-state index in [0.29, 0.717) is 0 Å². The van der Waals surface area contributed by atoms with E-state index in [1.54, 1.807) is 18.9 Å². The van der Waals surface area contributed by atoms with Gasteiger partial charge in [0.25, 0.3) is 0 Å². The maximum Gasteiger partial charge on any atom is 0.196 e. The first kappa shape index (κ1) is 21.0. The SMILES string of the molecule is COc1cccc(-c2nnc(SCc3ccc(-c4ccccc4)cc3)n2-c2ccccc2)c1. The summed E-state index contributed by atoms with van der Waals surface area (Å²) in [5.41, 5.74) is 5.68. The van der Waals surface area contributed by atoms with Crippen LogP contribution < -0.4 is 4.74 Å². The summed E-state index contributed by atoms with van der Waals surface area (Å²) in [6.07, 6.45) is 0. The number of nitrogens with zero attached hydrogens (tertiary/aromatic N) is 3. The Morgan fingerprint density at radius 1 is 0.697 bits per heavy atom. The average Bonchev–Trinajstić information content (AvgIpc) is 3.33. The third-order valence-corrected chi connectivity index (χ3v) is 6.40. The van der Waals surface area contributed by atoms with Crippen LogP contribution in [0, 0.1) is 0 Å². The van der Waals surface area contributed by atoms with E-state index in [2.05, 4.69) is 75.4 Å². The summed E-state index contributed by atoms with van der Waals surface area (Å²) >= 11 is 1.68. The Balaban J connectivity index is 1.43. The van der Waals surface area contributed by atoms with Crippen LogP contribution in [0.25, 0.3) is 28.2 Å². The molecule has 1 heterocycles. The number of thioether (sulfide) groups is 1. The largest absolute Gasteiger partial charge is 0.497 e. The van der Waals surface area contributed by atoms with Crippen LogP contribution in [0.1, 0.15) is 5.56 Å². The quantitative estimate of drug-likeness (QED) is 0.253. The van der Waals surface area contributed by atoms with Crippen molar-refractivity contribution in [1.29, 1.82) is 0 Å². The molecule has 5 heteroatoms. The smallest absolute Gasteiger partial charge is 0.196 e. The Hall–Kier alpha value is -3.83. The molecule has 0 aliphatic rings. The molecule has 162 valence electrons. The molecule has 5 aromatic rings. The first-order valence-corrected chi connectivity index (χ1v) is 11.7. The summed E-state index contributed by atoms with van der Waals surface area (Å²) < 4.78 is 7.52. The summed E-state index contributed by atoms with van der Waals surface area (Å²) in [5, 5.41) is 9.93. The normalized spacial score (nSPS) is 10.8. The molecule has 1 aromatic heterocycles. The second-order valence-corrected chi connectivity index (χ2v) is 8.50. The molecule has 4 aromatic carbocycles. The third-order valence-electron chi connectivity index (χ3n) is 5.40. The zero-order chi connectivity index (χ0) is 22.5. The lowest BCUT2D eigenvalue weighted by atomic mass is 10.0. The molecule has 0 saturated carbocycles. The Morgan fingerprint density at radius 2 is 1.36 bits per heavy atom. The van der Waals surface area contributed by atoms with Crippen molar-refractivity contribution in [2.75, 3.05) is 7.11 Å². The van der Waals surface area contributed by atoms with E-state index in [0.717, 1.165) is 33.7 Å². The van der Waals surface area contributed by atoms with E-state index < -0.39 is 0 Å². The van der Waals surface area contributed by atoms with E-state index >= 15 is 0 Å². The van der Waals surface area contributed by atoms with E-state index in [-0.39, 0.29) is 0 Å². The number of ether oxygens (including phenoxy) is 1. The highest BCUT2D eigenvalue weighted by atomic mass is 32.2. The Bertz CT molecular complexity index is 1330. The van der Waals surface area contributed by atoms with Gasteiger partial charge in [-0.1, -0.05) is 96.7 Å². The lowest BCUT2D eigenvalue weighted by Crippen LogP contribution is -1.99. The van der Waals surface area contributed by atoms with E-state index in [4.69, 9.17) is 4.74 Å². The van der Waals surface area contributed by atoms with Crippen LogP contribution >= 0.6 is 11.8 Å². The van der Waals surface area contributed by atoms with Crippen LogP contribution in [0.3, 0.4) is 0 Å². The monoisotopic (exact) mass is 449 g/mol. The minimum absolute atomic E-state index is 0.794. The molecule has 5 rings (SSSR count). The Morgan fingerprint density at radius 3 is 2.09 bits per heavy atom. The van der Waals surface area contributed by atoms with Gasteiger partial charge in [0.15, 0.2) is 11.0 Å². The van der Waals surface area contributed by atoms with Crippen molar-refractivity contribution >= 4 is 11.8 Å². The minimum atomic E-state index is 0.794. The fraction of sp³-hybridized carbons (Fsp3) is 0.0714. The summed E-state index contributed by atoms with van der Waals surface area (Å²) in [6.45, 7) is 0. The highest BCUT2D eigenvalue weighted by molar-refractivity contribution is 7.98. The molecule has 0 N–H and O–H groups in total. The van der Waals surface area contributed by atoms with Gasteiger partial charge in [0.2, 0.25) is 0 Å².